The highest BCUT2D eigenvalue weighted by atomic mass is 19.4. The van der Waals surface area contributed by atoms with Crippen LogP contribution in [0.5, 0.6) is 0 Å². The molecule has 0 amide bonds. The lowest BCUT2D eigenvalue weighted by molar-refractivity contribution is -0.137. The van der Waals surface area contributed by atoms with Gasteiger partial charge in [-0.2, -0.15) is 18.3 Å². The predicted octanol–water partition coefficient (Wildman–Crippen LogP) is 3.26. The van der Waals surface area contributed by atoms with E-state index in [0.717, 1.165) is 12.1 Å². The average molecular weight is 330 g/mol. The molecular weight excluding hydrogens is 313 g/mol. The number of aromatic nitrogens is 2. The van der Waals surface area contributed by atoms with Crippen molar-refractivity contribution < 1.29 is 23.1 Å². The first-order valence-corrected chi connectivity index (χ1v) is 6.87. The molecule has 0 aliphatic carbocycles. The number of hydrogen-bond acceptors (Lipinski definition) is 3. The lowest BCUT2D eigenvalue weighted by Crippen LogP contribution is -2.24. The quantitative estimate of drug-likeness (QED) is 0.858. The van der Waals surface area contributed by atoms with Gasteiger partial charge in [-0.1, -0.05) is 13.8 Å². The Kier molecular flexibility index (Phi) is 5.89. The summed E-state index contributed by atoms with van der Waals surface area (Å²) in [4.78, 5) is 20.5. The van der Waals surface area contributed by atoms with Crippen LogP contribution in [0, 0.1) is 0 Å². The molecular formula is C15H17F3N2O3. The van der Waals surface area contributed by atoms with Gasteiger partial charge in [-0.25, -0.2) is 4.68 Å². The highest BCUT2D eigenvalue weighted by Crippen LogP contribution is 2.32. The van der Waals surface area contributed by atoms with Crippen LogP contribution >= 0.6 is 0 Å². The van der Waals surface area contributed by atoms with Crippen LogP contribution in [0.3, 0.4) is 0 Å². The third-order valence-corrected chi connectivity index (χ3v) is 3.16. The Bertz CT molecular complexity index is 752. The van der Waals surface area contributed by atoms with Crippen molar-refractivity contribution >= 4 is 17.2 Å². The van der Waals surface area contributed by atoms with E-state index in [1.165, 1.54) is 10.7 Å². The number of carbonyl (C=O) groups is 1. The molecule has 126 valence electrons. The third-order valence-electron chi connectivity index (χ3n) is 3.16. The molecule has 8 heteroatoms. The first kappa shape index (κ1) is 18.7. The molecule has 0 saturated carbocycles. The van der Waals surface area contributed by atoms with Crippen LogP contribution in [0.4, 0.5) is 13.2 Å². The molecule has 0 atom stereocenters. The average Bonchev–Trinajstić information content (AvgIpc) is 2.47. The number of nitrogens with zero attached hydrogens (tertiary/aromatic N) is 2. The van der Waals surface area contributed by atoms with Crippen molar-refractivity contribution in [3.8, 4) is 0 Å². The van der Waals surface area contributed by atoms with Crippen molar-refractivity contribution in [3.63, 3.8) is 0 Å². The molecule has 0 aliphatic rings. The summed E-state index contributed by atoms with van der Waals surface area (Å²) in [7, 11) is 0. The molecule has 0 spiro atoms. The number of benzene rings is 1. The Morgan fingerprint density at radius 3 is 2.30 bits per heavy atom. The third kappa shape index (κ3) is 4.08. The molecule has 0 unspecified atom stereocenters. The molecule has 23 heavy (non-hydrogen) atoms. The van der Waals surface area contributed by atoms with Crippen LogP contribution in [-0.2, 0) is 17.5 Å². The summed E-state index contributed by atoms with van der Waals surface area (Å²) in [6, 6.07) is 3.19. The minimum Gasteiger partial charge on any atom is -0.483 e. The predicted molar refractivity (Wildman–Crippen MR) is 79.5 cm³/mol. The topological polar surface area (TPSA) is 72.2 Å². The van der Waals surface area contributed by atoms with Crippen molar-refractivity contribution in [2.75, 3.05) is 0 Å². The number of carboxylic acid groups (broad SMARTS) is 1. The zero-order valence-corrected chi connectivity index (χ0v) is 12.9. The van der Waals surface area contributed by atoms with Gasteiger partial charge in [-0.05, 0) is 31.0 Å². The molecule has 1 aromatic carbocycles. The number of alkyl halides is 3. The molecule has 0 radical (unpaired) electrons. The lowest BCUT2D eigenvalue weighted by atomic mass is 10.0. The summed E-state index contributed by atoms with van der Waals surface area (Å²) >= 11 is 0. The maximum absolute atomic E-state index is 12.8. The van der Waals surface area contributed by atoms with Gasteiger partial charge < -0.3 is 5.11 Å². The van der Waals surface area contributed by atoms with Gasteiger partial charge in [0.15, 0.2) is 0 Å². The number of halogens is 3. The maximum Gasteiger partial charge on any atom is 0.416 e. The molecule has 1 N–H and O–H groups in total. The van der Waals surface area contributed by atoms with Gasteiger partial charge in [0.1, 0.15) is 0 Å². The molecule has 2 aromatic rings. The molecule has 0 aliphatic heterocycles. The Morgan fingerprint density at radius 1 is 1.30 bits per heavy atom. The van der Waals surface area contributed by atoms with E-state index in [-0.39, 0.29) is 28.7 Å². The summed E-state index contributed by atoms with van der Waals surface area (Å²) < 4.78 is 39.7. The fourth-order valence-electron chi connectivity index (χ4n) is 2.13. The number of rotatable bonds is 2. The van der Waals surface area contributed by atoms with Gasteiger partial charge in [0.25, 0.3) is 12.0 Å². The number of fused-ring (bicyclic) bond motifs is 1. The Morgan fingerprint density at radius 2 is 1.87 bits per heavy atom. The van der Waals surface area contributed by atoms with E-state index in [2.05, 4.69) is 5.10 Å². The molecule has 0 fully saturated rings. The van der Waals surface area contributed by atoms with Crippen molar-refractivity contribution in [2.24, 2.45) is 0 Å². The molecule has 2 rings (SSSR count). The second-order valence-corrected chi connectivity index (χ2v) is 5.02. The Hall–Kier alpha value is -2.38. The Balaban J connectivity index is 0.000000816. The van der Waals surface area contributed by atoms with Gasteiger partial charge >= 0.3 is 6.18 Å². The van der Waals surface area contributed by atoms with Crippen molar-refractivity contribution in [1.29, 1.82) is 0 Å². The van der Waals surface area contributed by atoms with Crippen molar-refractivity contribution in [2.45, 2.75) is 39.4 Å². The van der Waals surface area contributed by atoms with E-state index in [4.69, 9.17) is 9.90 Å². The minimum absolute atomic E-state index is 0.0700. The van der Waals surface area contributed by atoms with E-state index in [9.17, 15) is 18.0 Å². The summed E-state index contributed by atoms with van der Waals surface area (Å²) in [6.45, 7) is 5.59. The summed E-state index contributed by atoms with van der Waals surface area (Å²) in [5, 5.41) is 11.6. The first-order chi connectivity index (χ1) is 10.7. The smallest absolute Gasteiger partial charge is 0.416 e. The molecule has 1 heterocycles. The monoisotopic (exact) mass is 330 g/mol. The lowest BCUT2D eigenvalue weighted by Gasteiger charge is -2.14. The second-order valence-electron chi connectivity index (χ2n) is 5.02. The van der Waals surface area contributed by atoms with Crippen molar-refractivity contribution in [1.82, 2.24) is 9.78 Å². The highest BCUT2D eigenvalue weighted by Gasteiger charge is 2.31. The highest BCUT2D eigenvalue weighted by molar-refractivity contribution is 5.84. The SMILES string of the molecule is CCn1nc(C(C)C)c2cc(C(F)(F)F)ccc2c1=O.O=CO. The fraction of sp³-hybridized carbons (Fsp3) is 0.400. The largest absolute Gasteiger partial charge is 0.483 e. The van der Waals surface area contributed by atoms with E-state index in [1.54, 1.807) is 6.92 Å². The van der Waals surface area contributed by atoms with E-state index < -0.39 is 11.7 Å². The van der Waals surface area contributed by atoms with Crippen LogP contribution in [0.25, 0.3) is 10.8 Å². The molecule has 0 bridgehead atoms. The van der Waals surface area contributed by atoms with Crippen LogP contribution in [0.2, 0.25) is 0 Å². The summed E-state index contributed by atoms with van der Waals surface area (Å²) in [5.74, 6) is -0.0700. The first-order valence-electron chi connectivity index (χ1n) is 6.87. The van der Waals surface area contributed by atoms with Gasteiger partial charge in [0.05, 0.1) is 16.6 Å². The van der Waals surface area contributed by atoms with E-state index >= 15 is 0 Å². The number of aryl methyl sites for hydroxylation is 1. The van der Waals surface area contributed by atoms with Gasteiger partial charge in [-0.15, -0.1) is 0 Å². The number of hydrogen-bond donors (Lipinski definition) is 1. The van der Waals surface area contributed by atoms with Crippen LogP contribution < -0.4 is 5.56 Å². The van der Waals surface area contributed by atoms with E-state index in [0.29, 0.717) is 12.2 Å². The Labute approximate surface area is 130 Å². The van der Waals surface area contributed by atoms with Crippen LogP contribution in [0.15, 0.2) is 23.0 Å². The van der Waals surface area contributed by atoms with Crippen LogP contribution in [0.1, 0.15) is 37.9 Å². The normalized spacial score (nSPS) is 11.3. The summed E-state index contributed by atoms with van der Waals surface area (Å²) in [5.41, 5.74) is -0.615. The van der Waals surface area contributed by atoms with Gasteiger partial charge in [0.2, 0.25) is 0 Å². The summed E-state index contributed by atoms with van der Waals surface area (Å²) in [6.07, 6.45) is -4.43. The molecule has 0 saturated heterocycles. The van der Waals surface area contributed by atoms with Crippen molar-refractivity contribution in [3.05, 3.63) is 39.8 Å². The van der Waals surface area contributed by atoms with Gasteiger partial charge in [0, 0.05) is 11.9 Å². The zero-order chi connectivity index (χ0) is 17.8. The standard InChI is InChI=1S/C14H15F3N2O.CH2O2/c1-4-19-13(20)10-6-5-9(14(15,16)17)7-11(10)12(18-19)8(2)3;2-1-3/h5-8H,4H2,1-3H3;1H,(H,2,3). The molecule has 1 aromatic heterocycles. The molecule has 5 nitrogen and oxygen atoms in total. The van der Waals surface area contributed by atoms with Crippen LogP contribution in [-0.4, -0.2) is 21.4 Å². The van der Waals surface area contributed by atoms with Gasteiger partial charge in [-0.3, -0.25) is 9.59 Å². The second kappa shape index (κ2) is 7.26. The van der Waals surface area contributed by atoms with E-state index in [1.807, 2.05) is 13.8 Å². The fourth-order valence-corrected chi connectivity index (χ4v) is 2.13. The minimum atomic E-state index is -4.43. The zero-order valence-electron chi connectivity index (χ0n) is 12.9. The maximum atomic E-state index is 12.8.